The largest absolute Gasteiger partial charge is 0.389 e. The zero-order valence-corrected chi connectivity index (χ0v) is 18.9. The van der Waals surface area contributed by atoms with Gasteiger partial charge in [-0.3, -0.25) is 9.69 Å². The predicted molar refractivity (Wildman–Crippen MR) is 123 cm³/mol. The Morgan fingerprint density at radius 3 is 2.64 bits per heavy atom. The van der Waals surface area contributed by atoms with Gasteiger partial charge in [0.05, 0.1) is 32.0 Å². The summed E-state index contributed by atoms with van der Waals surface area (Å²) >= 11 is 0. The zero-order chi connectivity index (χ0) is 23.0. The van der Waals surface area contributed by atoms with Crippen LogP contribution in [-0.4, -0.2) is 79.0 Å². The second-order valence-corrected chi connectivity index (χ2v) is 9.07. The van der Waals surface area contributed by atoms with Gasteiger partial charge in [0, 0.05) is 38.3 Å². The van der Waals surface area contributed by atoms with E-state index in [1.54, 1.807) is 0 Å². The number of benzene rings is 2. The number of hydrogen-bond donors (Lipinski definition) is 1. The van der Waals surface area contributed by atoms with Crippen molar-refractivity contribution in [1.29, 1.82) is 0 Å². The highest BCUT2D eigenvalue weighted by Gasteiger charge is 2.31. The molecule has 7 heteroatoms. The highest BCUT2D eigenvalue weighted by molar-refractivity contribution is 5.94. The second kappa shape index (κ2) is 11.7. The lowest BCUT2D eigenvalue weighted by atomic mass is 10.1. The van der Waals surface area contributed by atoms with Crippen molar-refractivity contribution in [3.05, 3.63) is 71.5 Å². The van der Waals surface area contributed by atoms with Gasteiger partial charge in [-0.25, -0.2) is 4.39 Å². The third-order valence-electron chi connectivity index (χ3n) is 6.09. The summed E-state index contributed by atoms with van der Waals surface area (Å²) in [6.45, 7) is 4.39. The summed E-state index contributed by atoms with van der Waals surface area (Å²) < 4.78 is 24.9. The van der Waals surface area contributed by atoms with Gasteiger partial charge in [-0.15, -0.1) is 0 Å². The average Bonchev–Trinajstić information content (AvgIpc) is 3.64. The highest BCUT2D eigenvalue weighted by Crippen LogP contribution is 2.30. The first-order valence-electron chi connectivity index (χ1n) is 11.8. The maximum absolute atomic E-state index is 13.3. The van der Waals surface area contributed by atoms with E-state index in [9.17, 15) is 14.3 Å². The van der Waals surface area contributed by atoms with Gasteiger partial charge in [-0.2, -0.15) is 0 Å². The minimum atomic E-state index is -0.587. The average molecular weight is 457 g/mol. The van der Waals surface area contributed by atoms with Gasteiger partial charge in [0.1, 0.15) is 5.82 Å². The molecule has 2 aromatic carbocycles. The van der Waals surface area contributed by atoms with E-state index in [0.717, 1.165) is 24.9 Å². The first-order chi connectivity index (χ1) is 16.1. The third kappa shape index (κ3) is 7.61. The Morgan fingerprint density at radius 1 is 1.15 bits per heavy atom. The van der Waals surface area contributed by atoms with Crippen LogP contribution >= 0.6 is 0 Å². The highest BCUT2D eigenvalue weighted by atomic mass is 19.1. The molecule has 1 aliphatic heterocycles. The normalized spacial score (nSPS) is 19.9. The van der Waals surface area contributed by atoms with Crippen LogP contribution in [0.3, 0.4) is 0 Å². The molecule has 1 saturated carbocycles. The number of rotatable bonds is 11. The molecule has 1 saturated heterocycles. The van der Waals surface area contributed by atoms with Crippen LogP contribution in [0.2, 0.25) is 0 Å². The molecule has 2 atom stereocenters. The molecule has 0 spiro atoms. The lowest BCUT2D eigenvalue weighted by Crippen LogP contribution is -2.51. The number of carbonyl (C=O) groups excluding carboxylic acids is 1. The van der Waals surface area contributed by atoms with Crippen LogP contribution < -0.4 is 0 Å². The van der Waals surface area contributed by atoms with Crippen molar-refractivity contribution in [1.82, 2.24) is 9.80 Å². The fraction of sp³-hybridized carbons (Fsp3) is 0.500. The summed E-state index contributed by atoms with van der Waals surface area (Å²) in [5.41, 5.74) is 1.58. The van der Waals surface area contributed by atoms with Crippen LogP contribution in [0.15, 0.2) is 54.6 Å². The van der Waals surface area contributed by atoms with E-state index in [-0.39, 0.29) is 24.4 Å². The molecule has 6 nitrogen and oxygen atoms in total. The van der Waals surface area contributed by atoms with Crippen LogP contribution in [0.5, 0.6) is 0 Å². The number of ether oxygens (including phenoxy) is 2. The van der Waals surface area contributed by atoms with E-state index in [2.05, 4.69) is 4.90 Å². The predicted octanol–water partition coefficient (Wildman–Crippen LogP) is 2.96. The monoisotopic (exact) mass is 456 g/mol. The molecular formula is C26H33FN2O4. The van der Waals surface area contributed by atoms with Crippen LogP contribution in [0.25, 0.3) is 0 Å². The topological polar surface area (TPSA) is 62.2 Å². The molecule has 1 N–H and O–H groups in total. The van der Waals surface area contributed by atoms with Gasteiger partial charge in [0.25, 0.3) is 5.91 Å². The van der Waals surface area contributed by atoms with E-state index in [1.807, 2.05) is 35.2 Å². The molecule has 0 radical (unpaired) electrons. The second-order valence-electron chi connectivity index (χ2n) is 9.07. The van der Waals surface area contributed by atoms with Gasteiger partial charge >= 0.3 is 0 Å². The minimum absolute atomic E-state index is 0.0861. The van der Waals surface area contributed by atoms with Crippen LogP contribution in [-0.2, 0) is 16.1 Å². The molecule has 2 aromatic rings. The molecule has 0 aromatic heterocycles. The Labute approximate surface area is 194 Å². The molecule has 0 bridgehead atoms. The van der Waals surface area contributed by atoms with E-state index in [4.69, 9.17) is 9.47 Å². The number of carbonyl (C=O) groups is 1. The number of morpholine rings is 1. The van der Waals surface area contributed by atoms with E-state index in [0.29, 0.717) is 50.9 Å². The Morgan fingerprint density at radius 2 is 1.91 bits per heavy atom. The number of hydrogen-bond acceptors (Lipinski definition) is 5. The smallest absolute Gasteiger partial charge is 0.253 e. The molecule has 4 rings (SSSR count). The molecular weight excluding hydrogens is 423 g/mol. The third-order valence-corrected chi connectivity index (χ3v) is 6.09. The fourth-order valence-electron chi connectivity index (χ4n) is 4.17. The van der Waals surface area contributed by atoms with Crippen molar-refractivity contribution in [3.63, 3.8) is 0 Å². The van der Waals surface area contributed by atoms with Crippen molar-refractivity contribution < 1.29 is 23.8 Å². The first kappa shape index (κ1) is 23.8. The van der Waals surface area contributed by atoms with Crippen LogP contribution in [0.1, 0.15) is 28.8 Å². The number of aliphatic hydroxyl groups excluding tert-OH is 1. The molecule has 2 fully saturated rings. The van der Waals surface area contributed by atoms with Crippen molar-refractivity contribution in [2.24, 2.45) is 5.92 Å². The summed E-state index contributed by atoms with van der Waals surface area (Å²) in [6.07, 6.45) is 1.57. The molecule has 2 aliphatic rings. The van der Waals surface area contributed by atoms with Crippen molar-refractivity contribution in [2.45, 2.75) is 31.7 Å². The molecule has 178 valence electrons. The number of halogens is 1. The molecule has 33 heavy (non-hydrogen) atoms. The van der Waals surface area contributed by atoms with E-state index in [1.165, 1.54) is 24.3 Å². The summed E-state index contributed by atoms with van der Waals surface area (Å²) in [5, 5.41) is 10.4. The van der Waals surface area contributed by atoms with Crippen LogP contribution in [0.4, 0.5) is 4.39 Å². The summed E-state index contributed by atoms with van der Waals surface area (Å²) in [4.78, 5) is 17.1. The van der Waals surface area contributed by atoms with Gasteiger partial charge in [-0.1, -0.05) is 30.3 Å². The lowest BCUT2D eigenvalue weighted by Gasteiger charge is -2.36. The van der Waals surface area contributed by atoms with E-state index < -0.39 is 6.10 Å². The van der Waals surface area contributed by atoms with Gasteiger partial charge in [0.2, 0.25) is 0 Å². The molecule has 1 amide bonds. The first-order valence-corrected chi connectivity index (χ1v) is 11.8. The number of β-amino-alcohol motifs (C(OH)–C–C–N with tert-alkyl or cyclic N) is 1. The van der Waals surface area contributed by atoms with Gasteiger partial charge in [0.15, 0.2) is 0 Å². The summed E-state index contributed by atoms with van der Waals surface area (Å²) in [7, 11) is 0. The standard InChI is InChI=1S/C26H33FN2O4/c27-23-10-8-22(9-11-23)26(31)29(14-20-6-7-20)17-25-16-28(12-13-33-25)15-24(30)19-32-18-21-4-2-1-3-5-21/h1-5,8-11,20,24-25,30H,6-7,12-19H2/t24-,25-/m1/s1. The Hall–Kier alpha value is -2.32. The summed E-state index contributed by atoms with van der Waals surface area (Å²) in [5.74, 6) is 0.104. The number of nitrogens with zero attached hydrogens (tertiary/aromatic N) is 2. The zero-order valence-electron chi connectivity index (χ0n) is 18.9. The van der Waals surface area contributed by atoms with Crippen LogP contribution in [0, 0.1) is 11.7 Å². The quantitative estimate of drug-likeness (QED) is 0.563. The number of aliphatic hydroxyl groups is 1. The molecule has 1 heterocycles. The Balaban J connectivity index is 1.26. The van der Waals surface area contributed by atoms with Gasteiger partial charge < -0.3 is 19.5 Å². The minimum Gasteiger partial charge on any atom is -0.389 e. The SMILES string of the molecule is O=C(c1ccc(F)cc1)N(CC1CC1)C[C@H]1CN(C[C@@H](O)COCc2ccccc2)CCO1. The maximum atomic E-state index is 13.3. The molecule has 0 unspecified atom stereocenters. The summed E-state index contributed by atoms with van der Waals surface area (Å²) in [6, 6.07) is 15.6. The number of amides is 1. The van der Waals surface area contributed by atoms with Crippen molar-refractivity contribution in [2.75, 3.05) is 45.9 Å². The van der Waals surface area contributed by atoms with Crippen molar-refractivity contribution in [3.8, 4) is 0 Å². The fourth-order valence-corrected chi connectivity index (χ4v) is 4.17. The Bertz CT molecular complexity index is 876. The molecule has 1 aliphatic carbocycles. The maximum Gasteiger partial charge on any atom is 0.253 e. The van der Waals surface area contributed by atoms with Crippen molar-refractivity contribution >= 4 is 5.91 Å². The van der Waals surface area contributed by atoms with E-state index >= 15 is 0 Å². The van der Waals surface area contributed by atoms with Gasteiger partial charge in [-0.05, 0) is 48.6 Å². The lowest BCUT2D eigenvalue weighted by molar-refractivity contribution is -0.0599. The Kier molecular flexibility index (Phi) is 8.45.